The highest BCUT2D eigenvalue weighted by molar-refractivity contribution is 5.67. The van der Waals surface area contributed by atoms with E-state index in [0.717, 1.165) is 25.7 Å². The lowest BCUT2D eigenvalue weighted by Crippen LogP contribution is -2.40. The van der Waals surface area contributed by atoms with E-state index < -0.39 is 0 Å². The fourth-order valence-corrected chi connectivity index (χ4v) is 2.04. The van der Waals surface area contributed by atoms with Gasteiger partial charge in [-0.1, -0.05) is 0 Å². The van der Waals surface area contributed by atoms with E-state index >= 15 is 0 Å². The van der Waals surface area contributed by atoms with Gasteiger partial charge in [0.15, 0.2) is 0 Å². The summed E-state index contributed by atoms with van der Waals surface area (Å²) in [5.74, 6) is 0. The van der Waals surface area contributed by atoms with Crippen molar-refractivity contribution in [3.63, 3.8) is 0 Å². The molecule has 0 heterocycles. The number of rotatable bonds is 3. The summed E-state index contributed by atoms with van der Waals surface area (Å²) < 4.78 is 10.3. The van der Waals surface area contributed by atoms with Gasteiger partial charge in [-0.05, 0) is 32.6 Å². The van der Waals surface area contributed by atoms with Crippen LogP contribution in [0, 0.1) is 0 Å². The van der Waals surface area contributed by atoms with Gasteiger partial charge >= 0.3 is 6.09 Å². The first-order valence-corrected chi connectivity index (χ1v) is 5.61. The van der Waals surface area contributed by atoms with E-state index in [-0.39, 0.29) is 6.09 Å². The molecule has 0 radical (unpaired) electrons. The summed E-state index contributed by atoms with van der Waals surface area (Å²) >= 11 is 0. The van der Waals surface area contributed by atoms with Crippen LogP contribution in [-0.2, 0) is 9.47 Å². The summed E-state index contributed by atoms with van der Waals surface area (Å²) in [7, 11) is 3.57. The van der Waals surface area contributed by atoms with E-state index in [1.807, 2.05) is 14.0 Å². The number of methoxy groups -OCH3 is 1. The van der Waals surface area contributed by atoms with Crippen molar-refractivity contribution in [2.45, 2.75) is 44.8 Å². The van der Waals surface area contributed by atoms with Crippen molar-refractivity contribution in [1.29, 1.82) is 0 Å². The molecule has 1 saturated carbocycles. The predicted octanol–water partition coefficient (Wildman–Crippen LogP) is 2.03. The van der Waals surface area contributed by atoms with Crippen molar-refractivity contribution in [1.82, 2.24) is 4.90 Å². The Balaban J connectivity index is 2.35. The van der Waals surface area contributed by atoms with Crippen LogP contribution < -0.4 is 0 Å². The molecule has 0 spiro atoms. The van der Waals surface area contributed by atoms with Crippen molar-refractivity contribution >= 4 is 6.09 Å². The maximum absolute atomic E-state index is 11.5. The average molecular weight is 215 g/mol. The molecule has 15 heavy (non-hydrogen) atoms. The van der Waals surface area contributed by atoms with Crippen LogP contribution in [0.4, 0.5) is 4.79 Å². The second kappa shape index (κ2) is 5.95. The van der Waals surface area contributed by atoms with Crippen LogP contribution in [-0.4, -0.2) is 43.9 Å². The maximum atomic E-state index is 11.5. The van der Waals surface area contributed by atoms with Gasteiger partial charge in [0.1, 0.15) is 0 Å². The minimum atomic E-state index is -0.210. The number of carbonyl (C=O) groups excluding carboxylic acids is 1. The molecule has 0 N–H and O–H groups in total. The Hall–Kier alpha value is -0.770. The molecule has 1 fully saturated rings. The first kappa shape index (κ1) is 12.3. The SMILES string of the molecule is CCOC(=O)N(C)[C@H]1CC[C@@H](OC)CC1. The second-order valence-electron chi connectivity index (χ2n) is 3.98. The fourth-order valence-electron chi connectivity index (χ4n) is 2.04. The number of ether oxygens (including phenoxy) is 2. The molecule has 0 aromatic rings. The van der Waals surface area contributed by atoms with E-state index in [0.29, 0.717) is 18.8 Å². The summed E-state index contributed by atoms with van der Waals surface area (Å²) in [6.07, 6.45) is 4.24. The summed E-state index contributed by atoms with van der Waals surface area (Å²) in [5, 5.41) is 0. The minimum absolute atomic E-state index is 0.210. The lowest BCUT2D eigenvalue weighted by atomic mass is 9.92. The Morgan fingerprint density at radius 2 is 1.93 bits per heavy atom. The third-order valence-corrected chi connectivity index (χ3v) is 3.08. The zero-order valence-corrected chi connectivity index (χ0v) is 9.86. The van der Waals surface area contributed by atoms with Crippen molar-refractivity contribution in [3.05, 3.63) is 0 Å². The molecule has 0 unspecified atom stereocenters. The van der Waals surface area contributed by atoms with E-state index in [1.165, 1.54) is 0 Å². The zero-order chi connectivity index (χ0) is 11.3. The van der Waals surface area contributed by atoms with E-state index in [9.17, 15) is 4.79 Å². The second-order valence-corrected chi connectivity index (χ2v) is 3.98. The van der Waals surface area contributed by atoms with Gasteiger partial charge in [0, 0.05) is 20.2 Å². The molecule has 0 aromatic heterocycles. The predicted molar refractivity (Wildman–Crippen MR) is 57.8 cm³/mol. The molecule has 1 aliphatic rings. The molecular formula is C11H21NO3. The molecule has 1 rings (SSSR count). The smallest absolute Gasteiger partial charge is 0.409 e. The van der Waals surface area contributed by atoms with Crippen LogP contribution in [0.25, 0.3) is 0 Å². The van der Waals surface area contributed by atoms with Crippen LogP contribution >= 0.6 is 0 Å². The highest BCUT2D eigenvalue weighted by Gasteiger charge is 2.26. The van der Waals surface area contributed by atoms with Crippen molar-refractivity contribution in [2.75, 3.05) is 20.8 Å². The number of hydrogen-bond acceptors (Lipinski definition) is 3. The first-order chi connectivity index (χ1) is 7.19. The average Bonchev–Trinajstić information content (AvgIpc) is 2.28. The molecule has 1 amide bonds. The third kappa shape index (κ3) is 3.38. The molecular weight excluding hydrogens is 194 g/mol. The number of nitrogens with zero attached hydrogens (tertiary/aromatic N) is 1. The van der Waals surface area contributed by atoms with Gasteiger partial charge in [-0.15, -0.1) is 0 Å². The molecule has 0 aromatic carbocycles. The summed E-state index contributed by atoms with van der Waals surface area (Å²) in [5.41, 5.74) is 0. The zero-order valence-electron chi connectivity index (χ0n) is 9.86. The monoisotopic (exact) mass is 215 g/mol. The summed E-state index contributed by atoms with van der Waals surface area (Å²) in [6, 6.07) is 0.315. The van der Waals surface area contributed by atoms with Crippen LogP contribution in [0.3, 0.4) is 0 Å². The van der Waals surface area contributed by atoms with Crippen molar-refractivity contribution in [3.8, 4) is 0 Å². The number of amides is 1. The largest absolute Gasteiger partial charge is 0.450 e. The minimum Gasteiger partial charge on any atom is -0.450 e. The lowest BCUT2D eigenvalue weighted by molar-refractivity contribution is 0.0388. The Bertz CT molecular complexity index is 200. The van der Waals surface area contributed by atoms with E-state index in [1.54, 1.807) is 12.0 Å². The van der Waals surface area contributed by atoms with Crippen LogP contribution in [0.2, 0.25) is 0 Å². The van der Waals surface area contributed by atoms with Crippen LogP contribution in [0.5, 0.6) is 0 Å². The molecule has 0 atom stereocenters. The molecule has 1 aliphatic carbocycles. The lowest BCUT2D eigenvalue weighted by Gasteiger charge is -2.33. The highest BCUT2D eigenvalue weighted by atomic mass is 16.6. The summed E-state index contributed by atoms with van der Waals surface area (Å²) in [6.45, 7) is 2.27. The molecule has 88 valence electrons. The normalized spacial score (nSPS) is 26.1. The number of carbonyl (C=O) groups is 1. The molecule has 0 saturated heterocycles. The van der Waals surface area contributed by atoms with E-state index in [4.69, 9.17) is 9.47 Å². The highest BCUT2D eigenvalue weighted by Crippen LogP contribution is 2.24. The van der Waals surface area contributed by atoms with Gasteiger partial charge in [-0.25, -0.2) is 4.79 Å². The molecule has 0 aliphatic heterocycles. The van der Waals surface area contributed by atoms with Gasteiger partial charge < -0.3 is 14.4 Å². The Morgan fingerprint density at radius 3 is 2.40 bits per heavy atom. The quantitative estimate of drug-likeness (QED) is 0.723. The van der Waals surface area contributed by atoms with Gasteiger partial charge in [0.05, 0.1) is 12.7 Å². The van der Waals surface area contributed by atoms with Crippen LogP contribution in [0.15, 0.2) is 0 Å². The maximum Gasteiger partial charge on any atom is 0.409 e. The van der Waals surface area contributed by atoms with Crippen molar-refractivity contribution < 1.29 is 14.3 Å². The van der Waals surface area contributed by atoms with Gasteiger partial charge in [0.2, 0.25) is 0 Å². The fraction of sp³-hybridized carbons (Fsp3) is 0.909. The third-order valence-electron chi connectivity index (χ3n) is 3.08. The standard InChI is InChI=1S/C11H21NO3/c1-4-15-11(13)12(2)9-5-7-10(14-3)8-6-9/h9-10H,4-8H2,1-3H3/t9-,10+. The first-order valence-electron chi connectivity index (χ1n) is 5.61. The molecule has 4 nitrogen and oxygen atoms in total. The molecule has 0 bridgehead atoms. The Kier molecular flexibility index (Phi) is 4.88. The van der Waals surface area contributed by atoms with Crippen LogP contribution in [0.1, 0.15) is 32.6 Å². The van der Waals surface area contributed by atoms with Crippen molar-refractivity contribution in [2.24, 2.45) is 0 Å². The number of hydrogen-bond donors (Lipinski definition) is 0. The Morgan fingerprint density at radius 1 is 1.33 bits per heavy atom. The van der Waals surface area contributed by atoms with Gasteiger partial charge in [-0.3, -0.25) is 0 Å². The summed E-state index contributed by atoms with van der Waals surface area (Å²) in [4.78, 5) is 13.2. The Labute approximate surface area is 91.5 Å². The van der Waals surface area contributed by atoms with Gasteiger partial charge in [0.25, 0.3) is 0 Å². The molecule has 4 heteroatoms. The van der Waals surface area contributed by atoms with E-state index in [2.05, 4.69) is 0 Å². The van der Waals surface area contributed by atoms with Gasteiger partial charge in [-0.2, -0.15) is 0 Å². The topological polar surface area (TPSA) is 38.8 Å².